The van der Waals surface area contributed by atoms with Crippen molar-refractivity contribution in [2.45, 2.75) is 11.1 Å². The molecule has 0 aliphatic heterocycles. The zero-order valence-corrected chi connectivity index (χ0v) is 10.8. The van der Waals surface area contributed by atoms with Crippen molar-refractivity contribution >= 4 is 17.6 Å². The number of nitrogens with zero attached hydrogens (tertiary/aromatic N) is 3. The van der Waals surface area contributed by atoms with Crippen LogP contribution >= 0.6 is 11.8 Å². The molecule has 0 aliphatic rings. The smallest absolute Gasteiger partial charge is 0.145 e. The molecule has 0 spiro atoms. The average molecular weight is 262 g/mol. The van der Waals surface area contributed by atoms with Gasteiger partial charge in [0, 0.05) is 18.9 Å². The summed E-state index contributed by atoms with van der Waals surface area (Å²) in [4.78, 5) is 12.3. The molecule has 0 radical (unpaired) electrons. The lowest BCUT2D eigenvalue weighted by Crippen LogP contribution is -2.13. The van der Waals surface area contributed by atoms with Gasteiger partial charge in [0.25, 0.3) is 0 Å². The Morgan fingerprint density at radius 1 is 1.28 bits per heavy atom. The largest absolute Gasteiger partial charge is 0.387 e. The minimum Gasteiger partial charge on any atom is -0.387 e. The van der Waals surface area contributed by atoms with Gasteiger partial charge in [-0.2, -0.15) is 0 Å². The molecule has 18 heavy (non-hydrogen) atoms. The van der Waals surface area contributed by atoms with Crippen LogP contribution in [0.2, 0.25) is 0 Å². The van der Waals surface area contributed by atoms with Gasteiger partial charge in [0.2, 0.25) is 0 Å². The Balaban J connectivity index is 1.95. The van der Waals surface area contributed by atoms with Crippen LogP contribution in [0.3, 0.4) is 0 Å². The highest BCUT2D eigenvalue weighted by molar-refractivity contribution is 7.98. The Morgan fingerprint density at radius 3 is 2.78 bits per heavy atom. The van der Waals surface area contributed by atoms with E-state index < -0.39 is 6.10 Å². The van der Waals surface area contributed by atoms with Crippen LogP contribution in [-0.2, 0) is 0 Å². The van der Waals surface area contributed by atoms with Crippen molar-refractivity contribution in [1.29, 1.82) is 0 Å². The molecule has 0 saturated heterocycles. The standard InChI is InChI=1S/C12H14N4OS/c1-18-12-8-14-7-11(16-12)15-6-10(17)9-2-4-13-5-3-9/h2-5,7-8,10,17H,6H2,1H3,(H,15,16)/t10-/m1/s1. The molecule has 2 N–H and O–H groups in total. The van der Waals surface area contributed by atoms with E-state index in [0.717, 1.165) is 10.6 Å². The number of anilines is 1. The van der Waals surface area contributed by atoms with Gasteiger partial charge in [0.15, 0.2) is 0 Å². The number of aliphatic hydroxyl groups excluding tert-OH is 1. The molecule has 0 aromatic carbocycles. The van der Waals surface area contributed by atoms with Crippen molar-refractivity contribution in [2.24, 2.45) is 0 Å². The van der Waals surface area contributed by atoms with Gasteiger partial charge in [-0.3, -0.25) is 9.97 Å². The average Bonchev–Trinajstić information content (AvgIpc) is 2.46. The topological polar surface area (TPSA) is 70.9 Å². The molecule has 0 unspecified atom stereocenters. The van der Waals surface area contributed by atoms with Crippen LogP contribution in [0.15, 0.2) is 41.9 Å². The van der Waals surface area contributed by atoms with Crippen LogP contribution in [0.5, 0.6) is 0 Å². The Hall–Kier alpha value is -1.66. The summed E-state index contributed by atoms with van der Waals surface area (Å²) in [7, 11) is 0. The fourth-order valence-electron chi connectivity index (χ4n) is 1.44. The van der Waals surface area contributed by atoms with E-state index in [4.69, 9.17) is 0 Å². The highest BCUT2D eigenvalue weighted by Crippen LogP contribution is 2.14. The van der Waals surface area contributed by atoms with Crippen molar-refractivity contribution in [3.63, 3.8) is 0 Å². The van der Waals surface area contributed by atoms with E-state index in [1.165, 1.54) is 11.8 Å². The molecule has 6 heteroatoms. The molecule has 2 rings (SSSR count). The lowest BCUT2D eigenvalue weighted by atomic mass is 10.1. The Bertz CT molecular complexity index is 494. The van der Waals surface area contributed by atoms with Crippen LogP contribution in [0.4, 0.5) is 5.82 Å². The molecule has 94 valence electrons. The summed E-state index contributed by atoms with van der Waals surface area (Å²) in [5.41, 5.74) is 0.825. The van der Waals surface area contributed by atoms with Crippen molar-refractivity contribution in [1.82, 2.24) is 15.0 Å². The Morgan fingerprint density at radius 2 is 2.06 bits per heavy atom. The van der Waals surface area contributed by atoms with E-state index in [-0.39, 0.29) is 0 Å². The molecule has 0 saturated carbocycles. The summed E-state index contributed by atoms with van der Waals surface area (Å²) >= 11 is 1.53. The second-order valence-electron chi connectivity index (χ2n) is 3.62. The third-order valence-corrected chi connectivity index (χ3v) is 3.00. The maximum Gasteiger partial charge on any atom is 0.145 e. The number of rotatable bonds is 5. The Kier molecular flexibility index (Phi) is 4.49. The van der Waals surface area contributed by atoms with Crippen molar-refractivity contribution in [3.8, 4) is 0 Å². The van der Waals surface area contributed by atoms with Crippen molar-refractivity contribution < 1.29 is 5.11 Å². The lowest BCUT2D eigenvalue weighted by Gasteiger charge is -2.12. The molecule has 5 nitrogen and oxygen atoms in total. The molecule has 1 atom stereocenters. The minimum atomic E-state index is -0.590. The summed E-state index contributed by atoms with van der Waals surface area (Å²) in [5.74, 6) is 0.662. The van der Waals surface area contributed by atoms with E-state index in [2.05, 4.69) is 20.3 Å². The number of hydrogen-bond acceptors (Lipinski definition) is 6. The van der Waals surface area contributed by atoms with Crippen molar-refractivity contribution in [3.05, 3.63) is 42.5 Å². The van der Waals surface area contributed by atoms with Crippen LogP contribution < -0.4 is 5.32 Å². The highest BCUT2D eigenvalue weighted by Gasteiger charge is 2.07. The van der Waals surface area contributed by atoms with Crippen LogP contribution in [-0.4, -0.2) is 32.9 Å². The van der Waals surface area contributed by atoms with Gasteiger partial charge in [-0.1, -0.05) is 0 Å². The van der Waals surface area contributed by atoms with Crippen molar-refractivity contribution in [2.75, 3.05) is 18.1 Å². The number of aliphatic hydroxyl groups is 1. The summed E-state index contributed by atoms with van der Waals surface area (Å²) in [5, 5.41) is 13.9. The minimum absolute atomic E-state index is 0.385. The third-order valence-electron chi connectivity index (χ3n) is 2.39. The third kappa shape index (κ3) is 3.41. The zero-order valence-electron chi connectivity index (χ0n) is 9.95. The number of thioether (sulfide) groups is 1. The first-order valence-electron chi connectivity index (χ1n) is 5.47. The first-order valence-corrected chi connectivity index (χ1v) is 6.70. The molecule has 0 fully saturated rings. The van der Waals surface area contributed by atoms with E-state index in [0.29, 0.717) is 12.4 Å². The maximum atomic E-state index is 9.96. The number of nitrogens with one attached hydrogen (secondary N) is 1. The normalized spacial score (nSPS) is 12.1. The zero-order chi connectivity index (χ0) is 12.8. The second-order valence-corrected chi connectivity index (χ2v) is 4.45. The number of aromatic nitrogens is 3. The molecular formula is C12H14N4OS. The molecule has 0 aliphatic carbocycles. The van der Waals surface area contributed by atoms with Gasteiger partial charge in [-0.05, 0) is 24.0 Å². The summed E-state index contributed by atoms with van der Waals surface area (Å²) in [6.45, 7) is 0.385. The summed E-state index contributed by atoms with van der Waals surface area (Å²) < 4.78 is 0. The van der Waals surface area contributed by atoms with E-state index in [1.54, 1.807) is 36.9 Å². The first kappa shape index (κ1) is 12.8. The SMILES string of the molecule is CSc1cncc(NC[C@@H](O)c2ccncc2)n1. The van der Waals surface area contributed by atoms with Crippen LogP contribution in [0.1, 0.15) is 11.7 Å². The predicted molar refractivity (Wildman–Crippen MR) is 71.5 cm³/mol. The molecule has 2 aromatic rings. The molecular weight excluding hydrogens is 248 g/mol. The van der Waals surface area contributed by atoms with Gasteiger partial charge in [-0.15, -0.1) is 11.8 Å². The quantitative estimate of drug-likeness (QED) is 0.800. The van der Waals surface area contributed by atoms with Crippen LogP contribution in [0.25, 0.3) is 0 Å². The Labute approximate surface area is 110 Å². The van der Waals surface area contributed by atoms with Crippen LogP contribution in [0, 0.1) is 0 Å². The fourth-order valence-corrected chi connectivity index (χ4v) is 1.79. The number of pyridine rings is 1. The van der Waals surface area contributed by atoms with Gasteiger partial charge in [-0.25, -0.2) is 4.98 Å². The lowest BCUT2D eigenvalue weighted by molar-refractivity contribution is 0.191. The summed E-state index contributed by atoms with van der Waals surface area (Å²) in [6.07, 6.45) is 8.01. The van der Waals surface area contributed by atoms with E-state index in [1.807, 2.05) is 6.26 Å². The van der Waals surface area contributed by atoms with E-state index in [9.17, 15) is 5.11 Å². The van der Waals surface area contributed by atoms with Gasteiger partial charge in [0.1, 0.15) is 10.8 Å². The fraction of sp³-hybridized carbons (Fsp3) is 0.250. The first-order chi connectivity index (χ1) is 8.79. The molecule has 0 amide bonds. The highest BCUT2D eigenvalue weighted by atomic mass is 32.2. The molecule has 2 aromatic heterocycles. The molecule has 2 heterocycles. The maximum absolute atomic E-state index is 9.96. The van der Waals surface area contributed by atoms with Gasteiger partial charge < -0.3 is 10.4 Å². The summed E-state index contributed by atoms with van der Waals surface area (Å²) in [6, 6.07) is 3.58. The van der Waals surface area contributed by atoms with Gasteiger partial charge in [0.05, 0.1) is 18.5 Å². The molecule has 0 bridgehead atoms. The second kappa shape index (κ2) is 6.32. The van der Waals surface area contributed by atoms with E-state index >= 15 is 0 Å². The monoisotopic (exact) mass is 262 g/mol. The van der Waals surface area contributed by atoms with Gasteiger partial charge >= 0.3 is 0 Å². The predicted octanol–water partition coefficient (Wildman–Crippen LogP) is 1.74. The number of hydrogen-bond donors (Lipinski definition) is 2.